The van der Waals surface area contributed by atoms with Crippen molar-refractivity contribution in [1.82, 2.24) is 19.2 Å². The van der Waals surface area contributed by atoms with Crippen LogP contribution in [-0.2, 0) is 13.1 Å². The van der Waals surface area contributed by atoms with Gasteiger partial charge in [-0.15, -0.1) is 0 Å². The average molecular weight is 436 g/mol. The van der Waals surface area contributed by atoms with E-state index in [0.29, 0.717) is 23.2 Å². The number of likely N-dealkylation sites (tertiary alicyclic amines) is 1. The Hall–Kier alpha value is -3.23. The zero-order chi connectivity index (χ0) is 22.2. The molecule has 1 unspecified atom stereocenters. The Morgan fingerprint density at radius 2 is 1.94 bits per heavy atom. The molecule has 8 heteroatoms. The molecule has 4 heterocycles. The Balaban J connectivity index is 1.66. The summed E-state index contributed by atoms with van der Waals surface area (Å²) in [7, 11) is 0. The molecule has 0 radical (unpaired) electrons. The fourth-order valence-corrected chi connectivity index (χ4v) is 4.78. The number of hydrogen-bond acceptors (Lipinski definition) is 5. The lowest BCUT2D eigenvalue weighted by molar-refractivity contribution is 0.0844. The summed E-state index contributed by atoms with van der Waals surface area (Å²) in [6.45, 7) is 2.19. The first kappa shape index (κ1) is 20.7. The van der Waals surface area contributed by atoms with Gasteiger partial charge in [-0.25, -0.2) is 9.37 Å². The highest BCUT2D eigenvalue weighted by Crippen LogP contribution is 2.30. The van der Waals surface area contributed by atoms with Crippen LogP contribution in [0.2, 0.25) is 0 Å². The van der Waals surface area contributed by atoms with Crippen LogP contribution in [0.25, 0.3) is 21.8 Å². The number of hydrogen-bond donors (Lipinski definition) is 2. The van der Waals surface area contributed by atoms with Crippen LogP contribution < -0.4 is 5.56 Å². The largest absolute Gasteiger partial charge is 0.425 e. The van der Waals surface area contributed by atoms with E-state index in [0.717, 1.165) is 47.8 Å². The van der Waals surface area contributed by atoms with Gasteiger partial charge in [-0.2, -0.15) is 4.73 Å². The molecule has 1 atom stereocenters. The highest BCUT2D eigenvalue weighted by molar-refractivity contribution is 6.06. The van der Waals surface area contributed by atoms with Gasteiger partial charge in [0, 0.05) is 42.3 Å². The second kappa shape index (κ2) is 8.37. The number of rotatable bonds is 5. The number of aliphatic hydroxyl groups is 1. The highest BCUT2D eigenvalue weighted by Gasteiger charge is 2.24. The van der Waals surface area contributed by atoms with E-state index in [1.807, 2.05) is 0 Å². The summed E-state index contributed by atoms with van der Waals surface area (Å²) in [4.78, 5) is 19.1. The molecule has 32 heavy (non-hydrogen) atoms. The molecule has 1 saturated heterocycles. The SMILES string of the molecule is O=c1c2ncc3c(c(CN4CCCCC4CO)cn3Cc3ccc(F)cc3)c2ccn1O. The number of halogens is 1. The summed E-state index contributed by atoms with van der Waals surface area (Å²) < 4.78 is 16.0. The number of piperidine rings is 1. The number of nitrogens with zero attached hydrogens (tertiary/aromatic N) is 4. The molecule has 1 aliphatic rings. The molecule has 4 aromatic rings. The second-order valence-electron chi connectivity index (χ2n) is 8.46. The minimum atomic E-state index is -0.562. The van der Waals surface area contributed by atoms with E-state index in [9.17, 15) is 19.5 Å². The Kier molecular flexibility index (Phi) is 5.40. The van der Waals surface area contributed by atoms with Gasteiger partial charge in [0.15, 0.2) is 0 Å². The van der Waals surface area contributed by atoms with Crippen molar-refractivity contribution >= 4 is 21.8 Å². The molecule has 0 saturated carbocycles. The number of benzene rings is 1. The zero-order valence-corrected chi connectivity index (χ0v) is 17.6. The molecule has 1 fully saturated rings. The second-order valence-corrected chi connectivity index (χ2v) is 8.46. The van der Waals surface area contributed by atoms with Gasteiger partial charge in [0.25, 0.3) is 0 Å². The van der Waals surface area contributed by atoms with Crippen molar-refractivity contribution in [3.8, 4) is 0 Å². The summed E-state index contributed by atoms with van der Waals surface area (Å²) in [5.74, 6) is -0.278. The predicted octanol–water partition coefficient (Wildman–Crippen LogP) is 3.12. The summed E-state index contributed by atoms with van der Waals surface area (Å²) in [6, 6.07) is 8.22. The lowest BCUT2D eigenvalue weighted by Gasteiger charge is -2.34. The maximum absolute atomic E-state index is 13.4. The first-order valence-corrected chi connectivity index (χ1v) is 10.9. The minimum Gasteiger partial charge on any atom is -0.425 e. The van der Waals surface area contributed by atoms with Gasteiger partial charge >= 0.3 is 5.56 Å². The van der Waals surface area contributed by atoms with Gasteiger partial charge < -0.3 is 14.9 Å². The van der Waals surface area contributed by atoms with Gasteiger partial charge in [-0.1, -0.05) is 18.6 Å². The first-order valence-electron chi connectivity index (χ1n) is 10.9. The molecule has 1 aliphatic heterocycles. The van der Waals surface area contributed by atoms with Crippen molar-refractivity contribution in [3.63, 3.8) is 0 Å². The summed E-state index contributed by atoms with van der Waals surface area (Å²) in [5.41, 5.74) is 2.50. The molecule has 3 aromatic heterocycles. The van der Waals surface area contributed by atoms with Crippen LogP contribution in [0.4, 0.5) is 4.39 Å². The van der Waals surface area contributed by atoms with Crippen LogP contribution >= 0.6 is 0 Å². The van der Waals surface area contributed by atoms with E-state index in [1.54, 1.807) is 24.4 Å². The Bertz CT molecular complexity index is 1330. The van der Waals surface area contributed by atoms with Gasteiger partial charge in [0.05, 0.1) is 18.3 Å². The van der Waals surface area contributed by atoms with Gasteiger partial charge in [-0.05, 0) is 48.7 Å². The lowest BCUT2D eigenvalue weighted by atomic mass is 10.0. The molecule has 0 spiro atoms. The fraction of sp³-hybridized carbons (Fsp3) is 0.333. The van der Waals surface area contributed by atoms with E-state index < -0.39 is 5.56 Å². The van der Waals surface area contributed by atoms with E-state index in [2.05, 4.69) is 20.6 Å². The number of pyridine rings is 2. The minimum absolute atomic E-state index is 0.113. The lowest BCUT2D eigenvalue weighted by Crippen LogP contribution is -2.41. The van der Waals surface area contributed by atoms with Crippen molar-refractivity contribution in [2.75, 3.05) is 13.2 Å². The van der Waals surface area contributed by atoms with Crippen LogP contribution in [-0.4, -0.2) is 48.7 Å². The van der Waals surface area contributed by atoms with Crippen LogP contribution in [0.15, 0.2) is 53.7 Å². The molecular formula is C24H25FN4O3. The number of aromatic nitrogens is 3. The molecule has 7 nitrogen and oxygen atoms in total. The van der Waals surface area contributed by atoms with Crippen LogP contribution in [0, 0.1) is 5.82 Å². The van der Waals surface area contributed by atoms with E-state index in [1.165, 1.54) is 18.3 Å². The number of aliphatic hydroxyl groups excluding tert-OH is 1. The van der Waals surface area contributed by atoms with Crippen molar-refractivity contribution < 1.29 is 14.7 Å². The van der Waals surface area contributed by atoms with Crippen LogP contribution in [0.5, 0.6) is 0 Å². The quantitative estimate of drug-likeness (QED) is 0.470. The van der Waals surface area contributed by atoms with Crippen molar-refractivity contribution in [2.45, 2.75) is 38.4 Å². The molecule has 0 bridgehead atoms. The third-order valence-electron chi connectivity index (χ3n) is 6.43. The fourth-order valence-electron chi connectivity index (χ4n) is 4.78. The maximum Gasteiger partial charge on any atom is 0.309 e. The third-order valence-corrected chi connectivity index (χ3v) is 6.43. The van der Waals surface area contributed by atoms with Crippen molar-refractivity contribution in [1.29, 1.82) is 0 Å². The Morgan fingerprint density at radius 1 is 1.12 bits per heavy atom. The molecular weight excluding hydrogens is 411 g/mol. The standard InChI is InChI=1S/C24H25FN4O3/c25-18-6-4-16(5-7-18)12-28-14-17(13-27-9-2-1-3-19(27)15-30)22-20-8-10-29(32)24(31)23(20)26-11-21(22)28/h4-8,10-11,14,19,30,32H,1-3,9,12-13,15H2. The monoisotopic (exact) mass is 436 g/mol. The van der Waals surface area contributed by atoms with E-state index in [-0.39, 0.29) is 24.0 Å². The zero-order valence-electron chi connectivity index (χ0n) is 17.6. The van der Waals surface area contributed by atoms with Crippen LogP contribution in [0.3, 0.4) is 0 Å². The highest BCUT2D eigenvalue weighted by atomic mass is 19.1. The summed E-state index contributed by atoms with van der Waals surface area (Å²) >= 11 is 0. The predicted molar refractivity (Wildman–Crippen MR) is 119 cm³/mol. The third kappa shape index (κ3) is 3.65. The van der Waals surface area contributed by atoms with E-state index >= 15 is 0 Å². The summed E-state index contributed by atoms with van der Waals surface area (Å²) in [5, 5.41) is 21.3. The maximum atomic E-state index is 13.4. The summed E-state index contributed by atoms with van der Waals surface area (Å²) in [6.07, 6.45) is 8.21. The smallest absolute Gasteiger partial charge is 0.309 e. The molecule has 2 N–H and O–H groups in total. The molecule has 166 valence electrons. The van der Waals surface area contributed by atoms with Crippen molar-refractivity contribution in [2.24, 2.45) is 0 Å². The molecule has 1 aromatic carbocycles. The van der Waals surface area contributed by atoms with Gasteiger partial charge in [-0.3, -0.25) is 9.69 Å². The normalized spacial score (nSPS) is 17.4. The van der Waals surface area contributed by atoms with Gasteiger partial charge in [0.2, 0.25) is 0 Å². The molecule has 0 aliphatic carbocycles. The van der Waals surface area contributed by atoms with Crippen molar-refractivity contribution in [3.05, 3.63) is 76.2 Å². The Labute approximate surface area is 183 Å². The topological polar surface area (TPSA) is 83.5 Å². The molecule has 0 amide bonds. The Morgan fingerprint density at radius 3 is 2.72 bits per heavy atom. The van der Waals surface area contributed by atoms with Crippen LogP contribution in [0.1, 0.15) is 30.4 Å². The number of fused-ring (bicyclic) bond motifs is 3. The first-order chi connectivity index (χ1) is 15.5. The average Bonchev–Trinajstić information content (AvgIpc) is 3.15. The molecule has 5 rings (SSSR count). The van der Waals surface area contributed by atoms with E-state index in [4.69, 9.17) is 0 Å². The van der Waals surface area contributed by atoms with Gasteiger partial charge in [0.1, 0.15) is 11.3 Å².